The first-order valence-corrected chi connectivity index (χ1v) is 19.0. The maximum Gasteiger partial charge on any atom is 0.494 e. The predicted octanol–water partition coefficient (Wildman–Crippen LogP) is 6.88. The molecule has 2 saturated heterocycles. The minimum Gasteiger partial charge on any atom is -0.459 e. The average Bonchev–Trinajstić information content (AvgIpc) is 3.61. The summed E-state index contributed by atoms with van der Waals surface area (Å²) in [6.45, 7) is 15.3. The molecule has 1 aromatic heterocycles. The van der Waals surface area contributed by atoms with Gasteiger partial charge in [0.1, 0.15) is 12.2 Å². The second-order valence-corrected chi connectivity index (χ2v) is 16.9. The van der Waals surface area contributed by atoms with E-state index in [0.29, 0.717) is 23.0 Å². The number of halogens is 1. The Balaban J connectivity index is 0.000000228. The predicted molar refractivity (Wildman–Crippen MR) is 216 cm³/mol. The molecule has 12 heteroatoms. The fourth-order valence-electron chi connectivity index (χ4n) is 6.47. The Morgan fingerprint density at radius 1 is 0.818 bits per heavy atom. The van der Waals surface area contributed by atoms with Crippen LogP contribution in [0.15, 0.2) is 84.9 Å². The maximum absolute atomic E-state index is 10.2. The van der Waals surface area contributed by atoms with Crippen molar-refractivity contribution >= 4 is 35.2 Å². The number of aliphatic hydroxyl groups excluding tert-OH is 2. The van der Waals surface area contributed by atoms with Gasteiger partial charge in [0.15, 0.2) is 0 Å². The number of rotatable bonds is 8. The first-order valence-electron chi connectivity index (χ1n) is 18.6. The number of imidazole rings is 1. The Morgan fingerprint density at radius 3 is 1.84 bits per heavy atom. The molecule has 3 heterocycles. The Kier molecular flexibility index (Phi) is 11.6. The Labute approximate surface area is 328 Å². The quantitative estimate of drug-likeness (QED) is 0.107. The molecule has 2 aliphatic rings. The molecule has 0 aliphatic carbocycles. The zero-order chi connectivity index (χ0) is 39.9. The minimum absolute atomic E-state index is 0.227. The number of fused-ring (bicyclic) bond motifs is 1. The van der Waals surface area contributed by atoms with E-state index < -0.39 is 23.4 Å². The van der Waals surface area contributed by atoms with Crippen LogP contribution < -0.4 is 10.2 Å². The van der Waals surface area contributed by atoms with Crippen LogP contribution in [0.5, 0.6) is 6.01 Å². The van der Waals surface area contributed by atoms with Gasteiger partial charge in [0.05, 0.1) is 57.8 Å². The van der Waals surface area contributed by atoms with Crippen LogP contribution in [0.2, 0.25) is 5.02 Å². The molecule has 0 unspecified atom stereocenters. The van der Waals surface area contributed by atoms with E-state index in [4.69, 9.17) is 30.4 Å². The third-order valence-corrected chi connectivity index (χ3v) is 11.0. The lowest BCUT2D eigenvalue weighted by atomic mass is 9.78. The summed E-state index contributed by atoms with van der Waals surface area (Å²) >= 11 is 6.62. The number of hydrogen-bond donors (Lipinski definition) is 5. The van der Waals surface area contributed by atoms with Crippen molar-refractivity contribution in [2.24, 2.45) is 0 Å². The van der Waals surface area contributed by atoms with Gasteiger partial charge >= 0.3 is 7.12 Å². The summed E-state index contributed by atoms with van der Waals surface area (Å²) in [6, 6.07) is 27.8. The van der Waals surface area contributed by atoms with Crippen LogP contribution in [0.1, 0.15) is 72.9 Å². The van der Waals surface area contributed by atoms with Crippen molar-refractivity contribution in [3.05, 3.63) is 101 Å². The molecule has 0 bridgehead atoms. The van der Waals surface area contributed by atoms with E-state index in [1.54, 1.807) is 27.7 Å². The fraction of sp³-hybridized carbons (Fsp3) is 0.419. The van der Waals surface area contributed by atoms with Crippen molar-refractivity contribution in [1.82, 2.24) is 9.97 Å². The number of benzene rings is 4. The third-order valence-electron chi connectivity index (χ3n) is 10.7. The molecular weight excluding hydrogens is 719 g/mol. The average molecular weight is 771 g/mol. The molecule has 5 aromatic rings. The molecular formula is C43H52BClN2O8. The highest BCUT2D eigenvalue weighted by molar-refractivity contribution is 6.62. The van der Waals surface area contributed by atoms with Gasteiger partial charge < -0.3 is 44.2 Å². The van der Waals surface area contributed by atoms with Crippen molar-refractivity contribution in [2.45, 2.75) is 103 Å². The second-order valence-electron chi connectivity index (χ2n) is 16.5. The lowest BCUT2D eigenvalue weighted by Gasteiger charge is -2.32. The summed E-state index contributed by atoms with van der Waals surface area (Å²) in [7, 11) is -0.346. The van der Waals surface area contributed by atoms with Crippen LogP contribution in [0, 0.1) is 0 Å². The van der Waals surface area contributed by atoms with E-state index in [-0.39, 0.29) is 37.6 Å². The number of nitrogens with zero attached hydrogens (tertiary/aromatic N) is 1. The smallest absolute Gasteiger partial charge is 0.459 e. The number of hydrogen-bond acceptors (Lipinski definition) is 9. The summed E-state index contributed by atoms with van der Waals surface area (Å²) in [5.41, 5.74) is 5.77. The van der Waals surface area contributed by atoms with Crippen molar-refractivity contribution < 1.29 is 39.2 Å². The normalized spacial score (nSPS) is 21.0. The van der Waals surface area contributed by atoms with Gasteiger partial charge in [-0.1, -0.05) is 84.4 Å². The third kappa shape index (κ3) is 9.27. The highest BCUT2D eigenvalue weighted by Crippen LogP contribution is 2.37. The van der Waals surface area contributed by atoms with Crippen LogP contribution in [0.25, 0.3) is 33.3 Å². The van der Waals surface area contributed by atoms with Crippen molar-refractivity contribution in [2.75, 3.05) is 13.2 Å². The summed E-state index contributed by atoms with van der Waals surface area (Å²) in [5, 5.41) is 40.0. The molecule has 55 heavy (non-hydrogen) atoms. The molecule has 0 amide bonds. The zero-order valence-electron chi connectivity index (χ0n) is 32.8. The van der Waals surface area contributed by atoms with Gasteiger partial charge in [-0.2, -0.15) is 4.98 Å². The number of aromatic nitrogens is 2. The largest absolute Gasteiger partial charge is 0.494 e. The molecule has 4 aromatic carbocycles. The zero-order valence-corrected chi connectivity index (χ0v) is 33.5. The van der Waals surface area contributed by atoms with Gasteiger partial charge in [0.25, 0.3) is 6.01 Å². The molecule has 0 saturated carbocycles. The lowest BCUT2D eigenvalue weighted by molar-refractivity contribution is -0.131. The molecule has 0 spiro atoms. The summed E-state index contributed by atoms with van der Waals surface area (Å²) in [5.74, 6) is 0. The first-order chi connectivity index (χ1) is 25.7. The molecule has 0 radical (unpaired) electrons. The first kappa shape index (κ1) is 40.9. The van der Waals surface area contributed by atoms with Crippen LogP contribution in [-0.2, 0) is 25.2 Å². The maximum atomic E-state index is 10.2. The lowest BCUT2D eigenvalue weighted by Crippen LogP contribution is -2.45. The van der Waals surface area contributed by atoms with E-state index in [1.807, 2.05) is 113 Å². The molecule has 3 atom stereocenters. The number of nitrogens with one attached hydrogen (secondary N) is 1. The Bertz CT molecular complexity index is 2050. The highest BCUT2D eigenvalue weighted by Gasteiger charge is 2.51. The molecule has 7 rings (SSSR count). The van der Waals surface area contributed by atoms with E-state index in [2.05, 4.69) is 9.97 Å². The molecule has 10 nitrogen and oxygen atoms in total. The summed E-state index contributed by atoms with van der Waals surface area (Å²) in [6.07, 6.45) is -1.40. The van der Waals surface area contributed by atoms with Crippen molar-refractivity contribution in [1.29, 1.82) is 0 Å². The monoisotopic (exact) mass is 770 g/mol. The van der Waals surface area contributed by atoms with Crippen molar-refractivity contribution in [3.8, 4) is 28.3 Å². The summed E-state index contributed by atoms with van der Waals surface area (Å²) in [4.78, 5) is 7.67. The van der Waals surface area contributed by atoms with Gasteiger partial charge in [-0.3, -0.25) is 0 Å². The highest BCUT2D eigenvalue weighted by atomic mass is 35.5. The Hall–Kier alpha value is -3.78. The second kappa shape index (κ2) is 15.6. The summed E-state index contributed by atoms with van der Waals surface area (Å²) < 4.78 is 23.3. The van der Waals surface area contributed by atoms with Gasteiger partial charge in [0, 0.05) is 12.0 Å². The van der Waals surface area contributed by atoms with E-state index in [1.165, 1.54) is 0 Å². The van der Waals surface area contributed by atoms with E-state index in [0.717, 1.165) is 44.4 Å². The van der Waals surface area contributed by atoms with Crippen LogP contribution in [0.4, 0.5) is 0 Å². The molecule has 5 N–H and O–H groups in total. The Morgan fingerprint density at radius 2 is 1.33 bits per heavy atom. The molecule has 2 fully saturated rings. The number of ether oxygens (including phenoxy) is 2. The van der Waals surface area contributed by atoms with Crippen molar-refractivity contribution in [3.63, 3.8) is 0 Å². The van der Waals surface area contributed by atoms with Gasteiger partial charge in [-0.05, 0) is 101 Å². The van der Waals surface area contributed by atoms with E-state index >= 15 is 0 Å². The van der Waals surface area contributed by atoms with E-state index in [9.17, 15) is 20.4 Å². The molecule has 292 valence electrons. The molecule has 2 aliphatic heterocycles. The van der Waals surface area contributed by atoms with Crippen LogP contribution >= 0.6 is 11.6 Å². The number of aromatic amines is 1. The number of H-pyrrole nitrogens is 1. The van der Waals surface area contributed by atoms with Crippen LogP contribution in [0.3, 0.4) is 0 Å². The van der Waals surface area contributed by atoms with Gasteiger partial charge in [0.2, 0.25) is 0 Å². The fourth-order valence-corrected chi connectivity index (χ4v) is 6.74. The standard InChI is InChI=1S/C28H29ClN2O5.C15H23BO3/c1-28(2,34)19-9-7-17(8-10-19)16-3-5-18(6-4-16)21-12-23-24(13-22(21)29)31-27(30-23)36-20-11-25(33)26(14-32)35-15-20;1-13(2,17)11-7-9-12(10-8-11)16-18-14(3,4)15(5,6)19-16/h3-10,12-13,20,25-26,32-34H,11,14-15H2,1-2H3,(H,30,31);7-10,17H,1-6H3/t20-,25+,26-;/m1./s1. The van der Waals surface area contributed by atoms with Gasteiger partial charge in [-0.15, -0.1) is 0 Å². The van der Waals surface area contributed by atoms with Crippen LogP contribution in [-0.4, -0.2) is 80.2 Å². The SMILES string of the molecule is CC(C)(O)c1ccc(-c2ccc(-c3cc4nc(O[C@H]5CO[C@H](CO)[C@@H](O)C5)[nH]c4cc3Cl)cc2)cc1.CC(C)(O)c1ccc(B2OC(C)(C)C(C)(C)O2)cc1. The van der Waals surface area contributed by atoms with Gasteiger partial charge in [-0.25, -0.2) is 0 Å². The minimum atomic E-state index is -0.872. The topological polar surface area (TPSA) is 147 Å². The number of aliphatic hydroxyl groups is 4.